The van der Waals surface area contributed by atoms with Crippen molar-refractivity contribution in [2.75, 3.05) is 9.80 Å². The minimum Gasteiger partial charge on any atom is -0.311 e. The highest BCUT2D eigenvalue weighted by atomic mass is 32.2. The van der Waals surface area contributed by atoms with E-state index in [9.17, 15) is 0 Å². The van der Waals surface area contributed by atoms with E-state index in [1.807, 2.05) is 23.5 Å². The van der Waals surface area contributed by atoms with Gasteiger partial charge in [-0.25, -0.2) is 0 Å². The van der Waals surface area contributed by atoms with Crippen molar-refractivity contribution in [3.63, 3.8) is 0 Å². The molecule has 0 saturated heterocycles. The van der Waals surface area contributed by atoms with E-state index in [1.165, 1.54) is 180 Å². The number of hydrogen-bond donors (Lipinski definition) is 0. The van der Waals surface area contributed by atoms with Gasteiger partial charge in [-0.05, 0) is 182 Å². The highest BCUT2D eigenvalue weighted by Crippen LogP contribution is 2.57. The predicted octanol–water partition coefficient (Wildman–Crippen LogP) is 25.2. The maximum absolute atomic E-state index is 2.81. The first-order chi connectivity index (χ1) is 62.7. The van der Waals surface area contributed by atoms with Crippen molar-refractivity contribution in [1.82, 2.24) is 9.13 Å². The maximum Gasteiger partial charge on any atom is 0.253 e. The van der Waals surface area contributed by atoms with Gasteiger partial charge in [0, 0.05) is 109 Å². The first-order valence-electron chi connectivity index (χ1n) is 44.4. The summed E-state index contributed by atoms with van der Waals surface area (Å²) in [4.78, 5) is 10.6. The van der Waals surface area contributed by atoms with Crippen molar-refractivity contribution in [3.8, 4) is 100 Å². The van der Waals surface area contributed by atoms with E-state index in [2.05, 4.69) is 452 Å². The van der Waals surface area contributed by atoms with Crippen molar-refractivity contribution < 1.29 is 0 Å². The Bertz CT molecular complexity index is 8120. The molecule has 127 heavy (non-hydrogen) atoms. The Morgan fingerprint density at radius 3 is 1.09 bits per heavy atom. The first kappa shape index (κ1) is 72.7. The number of nitrogens with zero attached hydrogens (tertiary/aromatic N) is 4. The average Bonchev–Trinajstić information content (AvgIpc) is 1.65. The normalized spacial score (nSPS) is 13.3. The Balaban J connectivity index is 0.825. The molecule has 9 heteroatoms. The maximum atomic E-state index is 2.81. The van der Waals surface area contributed by atoms with Crippen LogP contribution in [-0.2, 0) is 5.41 Å². The molecule has 0 fully saturated rings. The number of anilines is 6. The molecule has 0 bridgehead atoms. The van der Waals surface area contributed by atoms with E-state index < -0.39 is 0 Å². The molecule has 0 amide bonds. The molecule has 590 valence electrons. The predicted molar refractivity (Wildman–Crippen MR) is 542 cm³/mol. The molecule has 0 spiro atoms. The van der Waals surface area contributed by atoms with E-state index in [4.69, 9.17) is 0 Å². The molecule has 6 aliphatic heterocycles. The Morgan fingerprint density at radius 2 is 0.606 bits per heavy atom. The zero-order valence-electron chi connectivity index (χ0n) is 70.1. The molecule has 0 saturated carbocycles. The molecule has 6 aliphatic rings. The highest BCUT2D eigenvalue weighted by Gasteiger charge is 2.53. The summed E-state index contributed by atoms with van der Waals surface area (Å²) in [6.45, 7) is 6.47. The van der Waals surface area contributed by atoms with Crippen molar-refractivity contribution in [1.29, 1.82) is 0 Å². The van der Waals surface area contributed by atoms with Gasteiger partial charge in [0.05, 0.1) is 22.4 Å². The fraction of sp³-hybridized carbons (Fsp3) is 0.0339. The first-order valence-corrected chi connectivity index (χ1v) is 46.0. The van der Waals surface area contributed by atoms with Crippen LogP contribution in [-0.4, -0.2) is 29.3 Å². The molecular formula is C118H77B3N4S2. The van der Waals surface area contributed by atoms with Gasteiger partial charge >= 0.3 is 0 Å². The van der Waals surface area contributed by atoms with Crippen LogP contribution in [0.5, 0.6) is 0 Å². The van der Waals surface area contributed by atoms with Crippen LogP contribution in [0.1, 0.15) is 26.3 Å². The van der Waals surface area contributed by atoms with E-state index in [0.29, 0.717) is 0 Å². The zero-order chi connectivity index (χ0) is 83.6. The molecule has 27 rings (SSSR count). The standard InChI is InChI=1S/C118H77B3N4S2/c1-118(2,3)84-68-100-107-101(69-84)124(113-87(78-46-24-10-25-47-78)54-33-55-88(113)79-48-26-11-27-49-79)103-71-106-111-117(109(103)120(107)93-60-58-80(72-34-12-4-13-35-72)66-99(93)123(100)112-85(76-42-20-8-21-43-76)52-32-53-86(112)77-44-22-9-23-45-77)127-104-67-81(73-36-14-5-15-37-73)59-61-94(104)121(111)110-105(126-106)70-102-108-116(110)125-98-57-31-29-51-90(98)92-63-83(75-40-18-7-19-41-75)65-96(115(92)125)119(108)95-64-82(74-38-16-6-17-39-74)62-91-89-50-28-30-56-97(89)122(102)114(91)95/h4-71H,1-3H3. The number of rotatable bonds is 10. The Labute approximate surface area is 748 Å². The van der Waals surface area contributed by atoms with Crippen molar-refractivity contribution >= 4 is 171 Å². The summed E-state index contributed by atoms with van der Waals surface area (Å²) >= 11 is 4.02. The van der Waals surface area contributed by atoms with Crippen LogP contribution in [0.4, 0.5) is 34.1 Å². The lowest BCUT2D eigenvalue weighted by molar-refractivity contribution is 0.590. The van der Waals surface area contributed by atoms with Gasteiger partial charge in [-0.1, -0.05) is 402 Å². The summed E-state index contributed by atoms with van der Waals surface area (Å²) in [5.41, 5.74) is 45.9. The number of para-hydroxylation sites is 4. The lowest BCUT2D eigenvalue weighted by Gasteiger charge is -2.48. The summed E-state index contributed by atoms with van der Waals surface area (Å²) in [6.07, 6.45) is 0. The third-order valence-electron chi connectivity index (χ3n) is 28.1. The minimum atomic E-state index is -0.348. The van der Waals surface area contributed by atoms with Crippen LogP contribution < -0.4 is 59.0 Å². The van der Waals surface area contributed by atoms with Crippen LogP contribution in [0.15, 0.2) is 432 Å². The van der Waals surface area contributed by atoms with E-state index >= 15 is 0 Å². The highest BCUT2D eigenvalue weighted by molar-refractivity contribution is 8.01. The number of benzene rings is 19. The molecule has 0 aliphatic carbocycles. The van der Waals surface area contributed by atoms with E-state index in [-0.39, 0.29) is 25.6 Å². The van der Waals surface area contributed by atoms with Crippen molar-refractivity contribution in [2.45, 2.75) is 45.8 Å². The third kappa shape index (κ3) is 10.8. The van der Waals surface area contributed by atoms with Crippen LogP contribution in [0, 0.1) is 0 Å². The fourth-order valence-electron chi connectivity index (χ4n) is 22.6. The molecular weight excluding hydrogens is 1570 g/mol. The lowest BCUT2D eigenvalue weighted by Crippen LogP contribution is -2.67. The minimum absolute atomic E-state index is 0.185. The molecule has 21 aromatic rings. The van der Waals surface area contributed by atoms with Gasteiger partial charge in [-0.3, -0.25) is 0 Å². The lowest BCUT2D eigenvalue weighted by atomic mass is 9.29. The number of fused-ring (bicyclic) bond motifs is 20. The van der Waals surface area contributed by atoms with E-state index in [1.54, 1.807) is 0 Å². The Hall–Kier alpha value is -14.7. The molecule has 0 radical (unpaired) electrons. The molecule has 2 aromatic heterocycles. The molecule has 8 heterocycles. The molecule has 19 aromatic carbocycles. The average molecular weight is 1650 g/mol. The molecule has 0 N–H and O–H groups in total. The second kappa shape index (κ2) is 27.9. The number of hydrogen-bond acceptors (Lipinski definition) is 4. The monoisotopic (exact) mass is 1650 g/mol. The summed E-state index contributed by atoms with van der Waals surface area (Å²) in [6, 6.07) is 158. The summed E-state index contributed by atoms with van der Waals surface area (Å²) < 4.78 is 5.49. The Morgan fingerprint density at radius 1 is 0.220 bits per heavy atom. The third-order valence-corrected chi connectivity index (χ3v) is 30.4. The largest absolute Gasteiger partial charge is 0.311 e. The van der Waals surface area contributed by atoms with Crippen LogP contribution in [0.2, 0.25) is 0 Å². The zero-order valence-corrected chi connectivity index (χ0v) is 71.7. The SMILES string of the molecule is CC(C)(C)c1cc2c3c(c1)N(c1c(-c4ccccc4)cccc1-c1ccccc1)c1cc4c5c(c1B3c1ccc(-c3ccccc3)cc1N2c1c(-c2ccccc2)cccc1-c1ccccc1)Sc1cc(-c2ccccc2)ccc1B5c1c(cc2c3c1-n1c5ccccc5c5cc(-c6ccccc6)cc(c51)B3c1cc(-c3ccccc3)cc3c5ccccc5n-2c13)S4. The van der Waals surface area contributed by atoms with Crippen LogP contribution in [0.3, 0.4) is 0 Å². The summed E-state index contributed by atoms with van der Waals surface area (Å²) in [7, 11) is 0. The van der Waals surface area contributed by atoms with E-state index in [0.717, 1.165) is 72.8 Å². The van der Waals surface area contributed by atoms with Gasteiger partial charge in [0.2, 0.25) is 6.71 Å². The van der Waals surface area contributed by atoms with Crippen LogP contribution in [0.25, 0.3) is 144 Å². The fourth-order valence-corrected chi connectivity index (χ4v) is 25.3. The van der Waals surface area contributed by atoms with Crippen molar-refractivity contribution in [2.24, 2.45) is 0 Å². The quantitative estimate of drug-likeness (QED) is 0.127. The van der Waals surface area contributed by atoms with Gasteiger partial charge in [-0.15, -0.1) is 0 Å². The molecule has 0 unspecified atom stereocenters. The summed E-state index contributed by atoms with van der Waals surface area (Å²) in [5, 5.41) is 5.03. The number of aromatic nitrogens is 2. The molecule has 0 atom stereocenters. The Kier molecular flexibility index (Phi) is 16.0. The van der Waals surface area contributed by atoms with Crippen molar-refractivity contribution in [3.05, 3.63) is 418 Å². The van der Waals surface area contributed by atoms with Gasteiger partial charge in [0.15, 0.2) is 0 Å². The topological polar surface area (TPSA) is 16.3 Å². The second-order valence-electron chi connectivity index (χ2n) is 36.0. The van der Waals surface area contributed by atoms with Gasteiger partial charge in [0.25, 0.3) is 13.4 Å². The summed E-state index contributed by atoms with van der Waals surface area (Å²) in [5.74, 6) is 0. The van der Waals surface area contributed by atoms with Gasteiger partial charge in [-0.2, -0.15) is 0 Å². The second-order valence-corrected chi connectivity index (χ2v) is 38.1. The van der Waals surface area contributed by atoms with Gasteiger partial charge in [0.1, 0.15) is 0 Å². The smallest absolute Gasteiger partial charge is 0.253 e. The molecule has 4 nitrogen and oxygen atoms in total. The van der Waals surface area contributed by atoms with Gasteiger partial charge < -0.3 is 18.9 Å². The van der Waals surface area contributed by atoms with Crippen LogP contribution >= 0.6 is 23.5 Å².